The summed E-state index contributed by atoms with van der Waals surface area (Å²) in [6.45, 7) is 4.02. The first kappa shape index (κ1) is 20.5. The normalized spacial score (nSPS) is 19.6. The maximum absolute atomic E-state index is 13.1. The van der Waals surface area contributed by atoms with Crippen molar-refractivity contribution >= 4 is 6.03 Å². The summed E-state index contributed by atoms with van der Waals surface area (Å²) in [6, 6.07) is 5.30. The van der Waals surface area contributed by atoms with Crippen molar-refractivity contribution < 1.29 is 22.4 Å². The molecule has 0 aromatic heterocycles. The van der Waals surface area contributed by atoms with Gasteiger partial charge in [-0.2, -0.15) is 13.2 Å². The summed E-state index contributed by atoms with van der Waals surface area (Å²) >= 11 is 0. The van der Waals surface area contributed by atoms with Crippen LogP contribution in [0.2, 0.25) is 0 Å². The van der Waals surface area contributed by atoms with Crippen LogP contribution >= 0.6 is 0 Å². The van der Waals surface area contributed by atoms with Crippen LogP contribution in [-0.4, -0.2) is 43.3 Å². The topological polar surface area (TPSA) is 44.4 Å². The fourth-order valence-corrected chi connectivity index (χ4v) is 3.21. The number of carbonyl (C=O) groups excluding carboxylic acids is 1. The Balaban J connectivity index is 1.81. The second-order valence-electron chi connectivity index (χ2n) is 7.13. The Hall–Kier alpha value is -1.83. The fraction of sp³-hybridized carbons (Fsp3) is 0.611. The van der Waals surface area contributed by atoms with E-state index in [-0.39, 0.29) is 29.7 Å². The molecule has 1 aliphatic heterocycles. The Bertz CT molecular complexity index is 589. The van der Waals surface area contributed by atoms with E-state index < -0.39 is 12.7 Å². The van der Waals surface area contributed by atoms with E-state index in [1.165, 1.54) is 17.0 Å². The van der Waals surface area contributed by atoms with Crippen LogP contribution in [0.1, 0.15) is 31.9 Å². The minimum atomic E-state index is -4.20. The highest BCUT2D eigenvalue weighted by Gasteiger charge is 2.34. The van der Waals surface area contributed by atoms with Gasteiger partial charge in [-0.3, -0.25) is 4.90 Å². The molecule has 4 nitrogen and oxygen atoms in total. The number of alkyl halides is 3. The number of hydrogen-bond donors (Lipinski definition) is 2. The Morgan fingerprint density at radius 1 is 1.27 bits per heavy atom. The summed E-state index contributed by atoms with van der Waals surface area (Å²) in [5, 5.41) is 5.60. The van der Waals surface area contributed by atoms with Gasteiger partial charge in [0.15, 0.2) is 0 Å². The molecular formula is C18H25F4N3O. The lowest BCUT2D eigenvalue weighted by Gasteiger charge is -2.24. The van der Waals surface area contributed by atoms with Gasteiger partial charge in [0.2, 0.25) is 0 Å². The quantitative estimate of drug-likeness (QED) is 0.745. The van der Waals surface area contributed by atoms with Crippen LogP contribution in [0.4, 0.5) is 22.4 Å². The van der Waals surface area contributed by atoms with Crippen molar-refractivity contribution in [1.29, 1.82) is 0 Å². The minimum Gasteiger partial charge on any atom is -0.338 e. The van der Waals surface area contributed by atoms with Crippen LogP contribution in [0.3, 0.4) is 0 Å². The molecule has 8 heteroatoms. The number of nitrogens with zero attached hydrogens (tertiary/aromatic N) is 1. The van der Waals surface area contributed by atoms with Crippen molar-refractivity contribution in [3.8, 4) is 0 Å². The number of rotatable bonds is 6. The minimum absolute atomic E-state index is 0.00595. The van der Waals surface area contributed by atoms with E-state index in [4.69, 9.17) is 0 Å². The van der Waals surface area contributed by atoms with Crippen molar-refractivity contribution in [2.75, 3.05) is 26.2 Å². The number of amides is 2. The molecule has 1 aliphatic rings. The summed E-state index contributed by atoms with van der Waals surface area (Å²) in [5.74, 6) is -0.239. The summed E-state index contributed by atoms with van der Waals surface area (Å²) in [5.41, 5.74) is 0.800. The first-order chi connectivity index (χ1) is 12.1. The van der Waals surface area contributed by atoms with Crippen molar-refractivity contribution in [3.63, 3.8) is 0 Å². The Morgan fingerprint density at radius 2 is 1.92 bits per heavy atom. The highest BCUT2D eigenvalue weighted by Crippen LogP contribution is 2.23. The summed E-state index contributed by atoms with van der Waals surface area (Å²) in [4.78, 5) is 13.5. The van der Waals surface area contributed by atoms with Crippen LogP contribution in [0.25, 0.3) is 0 Å². The molecule has 2 atom stereocenters. The lowest BCUT2D eigenvalue weighted by molar-refractivity contribution is -0.143. The standard InChI is InChI=1S/C18H25F4N3O/c1-12(2)16(14-3-5-15(19)6-4-14)24-17(26)23-9-13-7-8-25(10-13)11-18(20,21)22/h3-6,12-13,16H,7-11H2,1-2H3,(H2,23,24,26)/t13-,16+/m1/s1. The molecule has 1 aromatic rings. The Morgan fingerprint density at radius 3 is 2.50 bits per heavy atom. The van der Waals surface area contributed by atoms with Gasteiger partial charge in [-0.05, 0) is 42.5 Å². The first-order valence-electron chi connectivity index (χ1n) is 8.73. The van der Waals surface area contributed by atoms with Crippen LogP contribution in [-0.2, 0) is 0 Å². The molecule has 2 amide bonds. The molecule has 146 valence electrons. The third-order valence-corrected chi connectivity index (χ3v) is 4.51. The van der Waals surface area contributed by atoms with E-state index in [2.05, 4.69) is 10.6 Å². The van der Waals surface area contributed by atoms with Gasteiger partial charge in [-0.1, -0.05) is 26.0 Å². The molecule has 0 bridgehead atoms. The summed E-state index contributed by atoms with van der Waals surface area (Å²) < 4.78 is 50.3. The highest BCUT2D eigenvalue weighted by molar-refractivity contribution is 5.74. The van der Waals surface area contributed by atoms with Gasteiger partial charge in [0.1, 0.15) is 5.82 Å². The second kappa shape index (κ2) is 8.70. The molecule has 1 fully saturated rings. The zero-order valence-corrected chi connectivity index (χ0v) is 14.9. The molecule has 0 unspecified atom stereocenters. The molecule has 0 spiro atoms. The number of halogens is 4. The Labute approximate surface area is 150 Å². The Kier molecular flexibility index (Phi) is 6.86. The SMILES string of the molecule is CC(C)[C@H](NC(=O)NC[C@H]1CCN(CC(F)(F)F)C1)c1ccc(F)cc1. The fourth-order valence-electron chi connectivity index (χ4n) is 3.21. The van der Waals surface area contributed by atoms with Crippen molar-refractivity contribution in [2.24, 2.45) is 11.8 Å². The van der Waals surface area contributed by atoms with E-state index in [0.29, 0.717) is 26.1 Å². The number of benzene rings is 1. The number of likely N-dealkylation sites (tertiary alicyclic amines) is 1. The van der Waals surface area contributed by atoms with E-state index in [0.717, 1.165) is 5.56 Å². The molecule has 2 N–H and O–H groups in total. The van der Waals surface area contributed by atoms with Crippen LogP contribution < -0.4 is 10.6 Å². The van der Waals surface area contributed by atoms with Gasteiger partial charge < -0.3 is 10.6 Å². The van der Waals surface area contributed by atoms with Gasteiger partial charge in [0, 0.05) is 13.1 Å². The molecule has 1 saturated heterocycles. The smallest absolute Gasteiger partial charge is 0.338 e. The van der Waals surface area contributed by atoms with E-state index in [1.807, 2.05) is 13.8 Å². The third-order valence-electron chi connectivity index (χ3n) is 4.51. The van der Waals surface area contributed by atoms with Gasteiger partial charge in [0.05, 0.1) is 12.6 Å². The number of carbonyl (C=O) groups is 1. The molecule has 0 radical (unpaired) electrons. The van der Waals surface area contributed by atoms with Gasteiger partial charge in [-0.25, -0.2) is 9.18 Å². The van der Waals surface area contributed by atoms with Gasteiger partial charge in [-0.15, -0.1) is 0 Å². The van der Waals surface area contributed by atoms with Crippen LogP contribution in [0.5, 0.6) is 0 Å². The molecule has 0 saturated carbocycles. The molecule has 1 heterocycles. The number of hydrogen-bond acceptors (Lipinski definition) is 2. The monoisotopic (exact) mass is 375 g/mol. The van der Waals surface area contributed by atoms with Gasteiger partial charge in [0.25, 0.3) is 0 Å². The van der Waals surface area contributed by atoms with Crippen LogP contribution in [0, 0.1) is 17.7 Å². The van der Waals surface area contributed by atoms with Crippen molar-refractivity contribution in [1.82, 2.24) is 15.5 Å². The lowest BCUT2D eigenvalue weighted by Crippen LogP contribution is -2.42. The summed E-state index contributed by atoms with van der Waals surface area (Å²) in [6.07, 6.45) is -3.57. The number of nitrogens with one attached hydrogen (secondary N) is 2. The van der Waals surface area contributed by atoms with Gasteiger partial charge >= 0.3 is 12.2 Å². The van der Waals surface area contributed by atoms with Crippen molar-refractivity contribution in [2.45, 2.75) is 32.5 Å². The maximum Gasteiger partial charge on any atom is 0.401 e. The first-order valence-corrected chi connectivity index (χ1v) is 8.73. The van der Waals surface area contributed by atoms with E-state index in [1.54, 1.807) is 12.1 Å². The largest absolute Gasteiger partial charge is 0.401 e. The molecular weight excluding hydrogens is 350 g/mol. The molecule has 0 aliphatic carbocycles. The predicted octanol–water partition coefficient (Wildman–Crippen LogP) is 3.71. The molecule has 2 rings (SSSR count). The zero-order chi connectivity index (χ0) is 19.3. The van der Waals surface area contributed by atoms with Crippen molar-refractivity contribution in [3.05, 3.63) is 35.6 Å². The lowest BCUT2D eigenvalue weighted by atomic mass is 9.96. The second-order valence-corrected chi connectivity index (χ2v) is 7.13. The van der Waals surface area contributed by atoms with Crippen LogP contribution in [0.15, 0.2) is 24.3 Å². The molecule has 1 aromatic carbocycles. The van der Waals surface area contributed by atoms with E-state index >= 15 is 0 Å². The number of urea groups is 1. The highest BCUT2D eigenvalue weighted by atomic mass is 19.4. The maximum atomic E-state index is 13.1. The van der Waals surface area contributed by atoms with E-state index in [9.17, 15) is 22.4 Å². The predicted molar refractivity (Wildman–Crippen MR) is 91.1 cm³/mol. The average Bonchev–Trinajstić information content (AvgIpc) is 2.97. The summed E-state index contributed by atoms with van der Waals surface area (Å²) in [7, 11) is 0. The molecule has 26 heavy (non-hydrogen) atoms. The zero-order valence-electron chi connectivity index (χ0n) is 14.9. The third kappa shape index (κ3) is 6.48. The average molecular weight is 375 g/mol.